The lowest BCUT2D eigenvalue weighted by atomic mass is 9.45. The van der Waals surface area contributed by atoms with Gasteiger partial charge in [-0.15, -0.1) is 0 Å². The van der Waals surface area contributed by atoms with Crippen LogP contribution in [0.3, 0.4) is 0 Å². The average molecular weight is 303 g/mol. The van der Waals surface area contributed by atoms with Gasteiger partial charge in [0.25, 0.3) is 0 Å². The van der Waals surface area contributed by atoms with Crippen molar-refractivity contribution in [3.8, 4) is 0 Å². The van der Waals surface area contributed by atoms with E-state index in [-0.39, 0.29) is 23.0 Å². The van der Waals surface area contributed by atoms with Crippen molar-refractivity contribution in [2.45, 2.75) is 64.5 Å². The van der Waals surface area contributed by atoms with E-state index in [9.17, 15) is 9.90 Å². The van der Waals surface area contributed by atoms with E-state index in [4.69, 9.17) is 5.73 Å². The van der Waals surface area contributed by atoms with E-state index in [1.54, 1.807) is 0 Å². The molecule has 0 aromatic rings. The number of allylic oxidation sites excluding steroid dienone is 1. The molecule has 0 aromatic heterocycles. The topological polar surface area (TPSA) is 63.3 Å². The first-order chi connectivity index (χ1) is 10.4. The maximum atomic E-state index is 12.4. The van der Waals surface area contributed by atoms with Crippen LogP contribution in [0.15, 0.2) is 12.2 Å². The zero-order valence-electron chi connectivity index (χ0n) is 13.8. The van der Waals surface area contributed by atoms with Crippen molar-refractivity contribution in [2.75, 3.05) is 0 Å². The third-order valence-corrected chi connectivity index (χ3v) is 7.97. The van der Waals surface area contributed by atoms with Crippen molar-refractivity contribution < 1.29 is 9.90 Å². The fraction of sp³-hybridized carbons (Fsp3) is 0.842. The lowest BCUT2D eigenvalue weighted by molar-refractivity contribution is -0.136. The maximum absolute atomic E-state index is 12.4. The number of aliphatic hydroxyl groups is 1. The number of Topliss-reactive ketones (excluding diaryl/α,β-unsaturated/α-hetero) is 1. The van der Waals surface area contributed by atoms with E-state index in [0.717, 1.165) is 38.5 Å². The molecule has 0 bridgehead atoms. The first-order valence-corrected chi connectivity index (χ1v) is 9.02. The quantitative estimate of drug-likeness (QED) is 0.676. The van der Waals surface area contributed by atoms with Crippen LogP contribution < -0.4 is 5.73 Å². The Kier molecular flexibility index (Phi) is 3.16. The second kappa shape index (κ2) is 4.67. The van der Waals surface area contributed by atoms with Gasteiger partial charge in [-0.3, -0.25) is 4.79 Å². The number of aliphatic hydroxyl groups excluding tert-OH is 1. The van der Waals surface area contributed by atoms with E-state index in [2.05, 4.69) is 19.9 Å². The number of ketones is 1. The Balaban J connectivity index is 1.73. The monoisotopic (exact) mass is 303 g/mol. The van der Waals surface area contributed by atoms with Gasteiger partial charge in [0.05, 0.1) is 6.10 Å². The largest absolute Gasteiger partial charge is 0.389 e. The summed E-state index contributed by atoms with van der Waals surface area (Å²) in [7, 11) is 0. The highest BCUT2D eigenvalue weighted by atomic mass is 16.3. The highest BCUT2D eigenvalue weighted by Crippen LogP contribution is 2.64. The second-order valence-electron chi connectivity index (χ2n) is 8.83. The molecule has 0 aliphatic heterocycles. The van der Waals surface area contributed by atoms with Gasteiger partial charge in [0.2, 0.25) is 0 Å². The minimum Gasteiger partial charge on any atom is -0.389 e. The Morgan fingerprint density at radius 1 is 1.23 bits per heavy atom. The summed E-state index contributed by atoms with van der Waals surface area (Å²) in [5.74, 6) is 2.50. The van der Waals surface area contributed by atoms with Gasteiger partial charge in [-0.05, 0) is 61.2 Å². The molecule has 0 radical (unpaired) electrons. The maximum Gasteiger partial charge on any atom is 0.139 e. The molecule has 8 atom stereocenters. The number of fused-ring (bicyclic) bond motifs is 5. The predicted molar refractivity (Wildman–Crippen MR) is 86.0 cm³/mol. The van der Waals surface area contributed by atoms with Crippen molar-refractivity contribution in [2.24, 2.45) is 40.2 Å². The van der Waals surface area contributed by atoms with Crippen LogP contribution in [0.4, 0.5) is 0 Å². The van der Waals surface area contributed by atoms with Gasteiger partial charge in [0.1, 0.15) is 5.78 Å². The lowest BCUT2D eigenvalue weighted by Crippen LogP contribution is -2.59. The van der Waals surface area contributed by atoms with Crippen LogP contribution in [0.5, 0.6) is 0 Å². The molecule has 3 N–H and O–H groups in total. The zero-order valence-corrected chi connectivity index (χ0v) is 13.8. The van der Waals surface area contributed by atoms with Crippen molar-refractivity contribution in [1.29, 1.82) is 0 Å². The lowest BCUT2D eigenvalue weighted by Gasteiger charge is -2.60. The molecule has 0 heterocycles. The zero-order chi connectivity index (χ0) is 15.7. The predicted octanol–water partition coefficient (Wildman–Crippen LogP) is 2.67. The molecule has 3 heteroatoms. The van der Waals surface area contributed by atoms with Gasteiger partial charge in [-0.2, -0.15) is 0 Å². The molecule has 0 amide bonds. The highest BCUT2D eigenvalue weighted by Gasteiger charge is 2.61. The Hall–Kier alpha value is -0.670. The van der Waals surface area contributed by atoms with Crippen LogP contribution in [0.1, 0.15) is 52.4 Å². The fourth-order valence-corrected chi connectivity index (χ4v) is 6.63. The van der Waals surface area contributed by atoms with Gasteiger partial charge in [0.15, 0.2) is 0 Å². The molecular formula is C19H29NO2. The van der Waals surface area contributed by atoms with Crippen LogP contribution >= 0.6 is 0 Å². The summed E-state index contributed by atoms with van der Waals surface area (Å²) in [5, 5.41) is 10.00. The van der Waals surface area contributed by atoms with Crippen LogP contribution in [0, 0.1) is 34.5 Å². The van der Waals surface area contributed by atoms with Crippen molar-refractivity contribution in [3.63, 3.8) is 0 Å². The van der Waals surface area contributed by atoms with Gasteiger partial charge in [0, 0.05) is 17.9 Å². The van der Waals surface area contributed by atoms with E-state index < -0.39 is 0 Å². The fourth-order valence-electron chi connectivity index (χ4n) is 6.63. The first-order valence-electron chi connectivity index (χ1n) is 9.02. The molecule has 3 fully saturated rings. The smallest absolute Gasteiger partial charge is 0.139 e. The molecule has 0 saturated heterocycles. The molecule has 0 spiro atoms. The first kappa shape index (κ1) is 14.9. The summed E-state index contributed by atoms with van der Waals surface area (Å²) in [6, 6.07) is 0.192. The summed E-state index contributed by atoms with van der Waals surface area (Å²) < 4.78 is 0. The summed E-state index contributed by atoms with van der Waals surface area (Å²) in [5.41, 5.74) is 6.69. The minimum atomic E-state index is -0.302. The molecule has 3 nitrogen and oxygen atoms in total. The van der Waals surface area contributed by atoms with Crippen molar-refractivity contribution in [1.82, 2.24) is 0 Å². The molecule has 3 saturated carbocycles. The number of hydrogen-bond donors (Lipinski definition) is 2. The Bertz CT molecular complexity index is 530. The van der Waals surface area contributed by atoms with Crippen LogP contribution in [0.2, 0.25) is 0 Å². The van der Waals surface area contributed by atoms with E-state index in [0.29, 0.717) is 29.5 Å². The average Bonchev–Trinajstić information content (AvgIpc) is 2.77. The molecule has 3 unspecified atom stereocenters. The second-order valence-corrected chi connectivity index (χ2v) is 8.83. The SMILES string of the molecule is C[C@]12C=CC(O)CC1CC(N)[C@@H]1[C@H]2CC[C@]2(C)C(=O)CC[C@@H]12. The molecule has 4 aliphatic carbocycles. The van der Waals surface area contributed by atoms with E-state index >= 15 is 0 Å². The highest BCUT2D eigenvalue weighted by molar-refractivity contribution is 5.87. The Morgan fingerprint density at radius 3 is 2.77 bits per heavy atom. The number of carbonyl (C=O) groups is 1. The Morgan fingerprint density at radius 2 is 2.00 bits per heavy atom. The van der Waals surface area contributed by atoms with E-state index in [1.807, 2.05) is 6.08 Å². The Labute approximate surface area is 133 Å². The number of rotatable bonds is 0. The van der Waals surface area contributed by atoms with Gasteiger partial charge >= 0.3 is 0 Å². The molecule has 4 aliphatic rings. The summed E-state index contributed by atoms with van der Waals surface area (Å²) in [6.45, 7) is 4.58. The normalized spacial score (nSPS) is 57.2. The summed E-state index contributed by atoms with van der Waals surface area (Å²) in [4.78, 5) is 12.4. The third kappa shape index (κ3) is 1.78. The number of nitrogens with two attached hydrogens (primary N) is 1. The molecule has 0 aromatic carbocycles. The summed E-state index contributed by atoms with van der Waals surface area (Å²) in [6.07, 6.45) is 9.78. The van der Waals surface area contributed by atoms with Gasteiger partial charge in [-0.25, -0.2) is 0 Å². The molecular weight excluding hydrogens is 274 g/mol. The number of hydrogen-bond acceptors (Lipinski definition) is 3. The summed E-state index contributed by atoms with van der Waals surface area (Å²) >= 11 is 0. The van der Waals surface area contributed by atoms with E-state index in [1.165, 1.54) is 0 Å². The number of carbonyl (C=O) groups excluding carboxylic acids is 1. The third-order valence-electron chi connectivity index (χ3n) is 7.97. The van der Waals surface area contributed by atoms with Crippen molar-refractivity contribution in [3.05, 3.63) is 12.2 Å². The van der Waals surface area contributed by atoms with Gasteiger partial charge in [-0.1, -0.05) is 26.0 Å². The minimum absolute atomic E-state index is 0.111. The van der Waals surface area contributed by atoms with Gasteiger partial charge < -0.3 is 10.8 Å². The molecule has 22 heavy (non-hydrogen) atoms. The standard InChI is InChI=1S/C19H29NO2/c1-18-7-5-12(21)9-11(18)10-15(20)17-13-3-4-16(22)19(13,2)8-6-14(17)18/h5,7,11-15,17,21H,3-4,6,8-10,20H2,1-2H3/t11?,12?,13-,14+,15?,17-,18-,19-/m0/s1. The van der Waals surface area contributed by atoms with Crippen LogP contribution in [-0.4, -0.2) is 23.0 Å². The van der Waals surface area contributed by atoms with Crippen LogP contribution in [-0.2, 0) is 4.79 Å². The molecule has 122 valence electrons. The van der Waals surface area contributed by atoms with Crippen LogP contribution in [0.25, 0.3) is 0 Å². The van der Waals surface area contributed by atoms with Crippen molar-refractivity contribution >= 4 is 5.78 Å². The molecule has 4 rings (SSSR count).